The molecule has 0 bridgehead atoms. The number of carbonyl (C=O) groups is 16. The number of hydrogen-bond acceptors (Lipinski definition) is 25. The minimum atomic E-state index is -2.10. The Labute approximate surface area is 760 Å². The van der Waals surface area contributed by atoms with Crippen LogP contribution in [0.3, 0.4) is 0 Å². The van der Waals surface area contributed by atoms with Crippen LogP contribution in [0.15, 0.2) is 53.3 Å². The number of nitrogens with one attached hydrogen (secondary N) is 11. The van der Waals surface area contributed by atoms with Gasteiger partial charge in [-0.25, -0.2) is 28.6 Å². The number of hydrogen-bond donors (Lipinski definition) is 12. The number of pyridine rings is 2. The Bertz CT molecular complexity index is 4980. The number of fused-ring (bicyclic) bond motifs is 5. The number of aliphatic hydroxyl groups is 1. The molecule has 1 aliphatic carbocycles. The zero-order valence-electron chi connectivity index (χ0n) is 77.2. The molecule has 0 saturated heterocycles. The Hall–Kier alpha value is -12.1. The number of cyclic esters (lactones) is 1. The molecule has 0 radical (unpaired) electrons. The molecule has 13 amide bonds. The molecular formula is C92H127FN14O24. The number of amides is 13. The number of aromatic nitrogens is 2. The van der Waals surface area contributed by atoms with Gasteiger partial charge in [-0.15, -0.1) is 0 Å². The maximum absolute atomic E-state index is 15.6. The van der Waals surface area contributed by atoms with E-state index in [1.165, 1.54) is 61.7 Å². The minimum absolute atomic E-state index is 0.00752. The quantitative estimate of drug-likeness (QED) is 0.0107. The van der Waals surface area contributed by atoms with Crippen molar-refractivity contribution in [1.29, 1.82) is 0 Å². The summed E-state index contributed by atoms with van der Waals surface area (Å²) >= 11 is 0. The van der Waals surface area contributed by atoms with E-state index in [4.69, 9.17) is 33.4 Å². The summed E-state index contributed by atoms with van der Waals surface area (Å²) in [5.74, 6) is -9.54. The molecule has 2 aromatic heterocycles. The van der Waals surface area contributed by atoms with Crippen molar-refractivity contribution in [1.82, 2.24) is 72.9 Å². The van der Waals surface area contributed by atoms with Crippen LogP contribution in [0.1, 0.15) is 259 Å². The Morgan fingerprint density at radius 3 is 1.66 bits per heavy atom. The molecule has 3 unspecified atom stereocenters. The summed E-state index contributed by atoms with van der Waals surface area (Å²) in [5, 5.41) is 41.8. The van der Waals surface area contributed by atoms with Gasteiger partial charge in [0.2, 0.25) is 41.4 Å². The third-order valence-corrected chi connectivity index (χ3v) is 22.0. The summed E-state index contributed by atoms with van der Waals surface area (Å²) in [6.07, 6.45) is 6.70. The molecular weight excluding hydrogens is 1700 g/mol. The fourth-order valence-corrected chi connectivity index (χ4v) is 15.1. The van der Waals surface area contributed by atoms with Gasteiger partial charge in [0, 0.05) is 104 Å². The van der Waals surface area contributed by atoms with Gasteiger partial charge in [0.25, 0.3) is 29.2 Å². The molecule has 0 spiro atoms. The normalized spacial score (nSPS) is 16.3. The lowest BCUT2D eigenvalue weighted by atomic mass is 9.81. The molecule has 4 aliphatic rings. The van der Waals surface area contributed by atoms with Crippen LogP contribution in [0.2, 0.25) is 0 Å². The predicted octanol–water partition coefficient (Wildman–Crippen LogP) is 4.89. The van der Waals surface area contributed by atoms with Crippen LogP contribution < -0.4 is 64.0 Å². The summed E-state index contributed by atoms with van der Waals surface area (Å²) in [6, 6.07) is -0.400. The lowest BCUT2D eigenvalue weighted by molar-refractivity contribution is -0.172. The number of rotatable bonds is 48. The van der Waals surface area contributed by atoms with E-state index < -0.39 is 159 Å². The zero-order valence-corrected chi connectivity index (χ0v) is 77.2. The lowest BCUT2D eigenvalue weighted by Crippen LogP contribution is -2.56. The van der Waals surface area contributed by atoms with Gasteiger partial charge in [-0.3, -0.25) is 67.2 Å². The number of urea groups is 1. The van der Waals surface area contributed by atoms with E-state index >= 15 is 4.39 Å². The Balaban J connectivity index is 0.685. The number of imide groups is 1. The number of ether oxygens (including phenoxy) is 6. The molecule has 3 aliphatic heterocycles. The fraction of sp³-hybridized carbons (Fsp3) is 0.587. The standard InChI is InChI=1S/C92H127FN14O24/c1-15-92(125)61-48-68-77-59(50-107(68)84(120)60(61)51-128-87(92)123)76-63(32-31-58-52(2)62(93)49-67(102-77)75(58)76)103-80(116)55(5)99-78(114)53(3)98-79(115)54(4)100-83(119)64(101-71(110)26-23-43-106-72(111)36-37-73(106)112)24-20-22-40-96-81(117)56-27-29-57(30-28-56)82(118)97-42-45-127-47-46-126-44-41-95-69(108)25-19-17-16-18-21-39-94-70(109)35-33-65(85(121)130-90(9,10)11)104-88(124)105-66(86(122)131-91(12,13)14)34-38-74(113)129-89(6,7)8/h27-30,36-37,48-49,53-55,63-66,125H,15-26,31-35,38-47,50-51H2,1-14H3,(H,94,109)(H,95,108)(H,96,117)(H,97,118)(H,98,115)(H,99,114)(H,100,119)(H,101,110)(H,103,116)(H2,104,105,124)/t53?,54?,55-,63+,64?,65-,66-,92+/m0/s1. The van der Waals surface area contributed by atoms with Crippen LogP contribution in [0, 0.1) is 12.7 Å². The van der Waals surface area contributed by atoms with Crippen molar-refractivity contribution in [3.63, 3.8) is 0 Å². The van der Waals surface area contributed by atoms with Crippen molar-refractivity contribution in [2.75, 3.05) is 59.2 Å². The summed E-state index contributed by atoms with van der Waals surface area (Å²) in [6.45, 7) is 23.8. The van der Waals surface area contributed by atoms with Crippen molar-refractivity contribution in [2.24, 2.45) is 0 Å². The van der Waals surface area contributed by atoms with Crippen LogP contribution in [-0.4, -0.2) is 227 Å². The van der Waals surface area contributed by atoms with Crippen LogP contribution in [0.4, 0.5) is 9.18 Å². The number of aryl methyl sites for hydroxylation is 1. The van der Waals surface area contributed by atoms with Gasteiger partial charge < -0.3 is 96.6 Å². The monoisotopic (exact) mass is 1830 g/mol. The molecule has 8 atom stereocenters. The maximum Gasteiger partial charge on any atom is 0.343 e. The summed E-state index contributed by atoms with van der Waals surface area (Å²) in [4.78, 5) is 230. The highest BCUT2D eigenvalue weighted by Gasteiger charge is 2.47. The average Bonchev–Trinajstić information content (AvgIpc) is 1.59. The number of benzene rings is 2. The predicted molar refractivity (Wildman–Crippen MR) is 474 cm³/mol. The van der Waals surface area contributed by atoms with Crippen LogP contribution in [0.25, 0.3) is 22.3 Å². The van der Waals surface area contributed by atoms with Crippen molar-refractivity contribution in [3.8, 4) is 11.4 Å². The fourth-order valence-electron chi connectivity index (χ4n) is 15.1. The van der Waals surface area contributed by atoms with E-state index in [0.717, 1.165) is 36.3 Å². The van der Waals surface area contributed by atoms with Gasteiger partial charge in [-0.05, 0) is 208 Å². The molecule has 716 valence electrons. The Kier molecular flexibility index (Phi) is 37.9. The SMILES string of the molecule is CC[C@]1(O)C(=O)OCc2c1cc1n(c2=O)Cc2c-1nc1cc(F)c(C)c3c1c2[C@H](NC(=O)[C@H](C)NC(=O)C(C)NC(=O)C(C)NC(=O)C(CCCCNC(=O)c1ccc(C(=O)NCCOCCOCCNC(=O)CCCCCCCNC(=O)CC[C@H](NC(=O)N[C@@H](CCC(=O)OC(C)(C)C)C(=O)OC(C)(C)C)C(=O)OC(C)(C)C)cc1)NC(=O)CCCN1C(=O)C=CC1=O)CC3. The van der Waals surface area contributed by atoms with Crippen LogP contribution in [0.5, 0.6) is 0 Å². The second-order valence-corrected chi connectivity index (χ2v) is 36.0. The highest BCUT2D eigenvalue weighted by Crippen LogP contribution is 2.46. The number of esters is 4. The molecule has 131 heavy (non-hydrogen) atoms. The zero-order chi connectivity index (χ0) is 96.4. The molecule has 0 fully saturated rings. The first kappa shape index (κ1) is 104. The smallest absolute Gasteiger partial charge is 0.343 e. The largest absolute Gasteiger partial charge is 0.460 e. The van der Waals surface area contributed by atoms with Gasteiger partial charge >= 0.3 is 29.9 Å². The van der Waals surface area contributed by atoms with E-state index in [0.29, 0.717) is 78.5 Å². The number of halogens is 1. The number of nitrogens with zero attached hydrogens (tertiary/aromatic N) is 3. The molecule has 39 heteroatoms. The third-order valence-electron chi connectivity index (χ3n) is 22.0. The second-order valence-electron chi connectivity index (χ2n) is 36.0. The van der Waals surface area contributed by atoms with Crippen molar-refractivity contribution < 1.29 is 115 Å². The molecule has 38 nitrogen and oxygen atoms in total. The molecule has 8 rings (SSSR count). The minimum Gasteiger partial charge on any atom is -0.460 e. The summed E-state index contributed by atoms with van der Waals surface area (Å²) < 4.78 is 49.8. The summed E-state index contributed by atoms with van der Waals surface area (Å²) in [5.41, 5.74) is -1.42. The van der Waals surface area contributed by atoms with E-state index in [9.17, 15) is 86.6 Å². The second kappa shape index (κ2) is 47.6. The molecule has 2 aromatic carbocycles. The maximum atomic E-state index is 15.6. The number of carbonyl (C=O) groups excluding carboxylic acids is 16. The first-order chi connectivity index (χ1) is 61.8. The van der Waals surface area contributed by atoms with E-state index in [2.05, 4.69) is 58.5 Å². The van der Waals surface area contributed by atoms with Crippen LogP contribution in [-0.2, 0) is 116 Å². The van der Waals surface area contributed by atoms with E-state index in [1.54, 1.807) is 76.2 Å². The molecule has 4 aromatic rings. The lowest BCUT2D eigenvalue weighted by Gasteiger charge is -2.31. The summed E-state index contributed by atoms with van der Waals surface area (Å²) in [7, 11) is 0. The first-order valence-electron chi connectivity index (χ1n) is 44.7. The van der Waals surface area contributed by atoms with Gasteiger partial charge in [0.05, 0.1) is 61.5 Å². The van der Waals surface area contributed by atoms with Gasteiger partial charge in [-0.2, -0.15) is 0 Å². The van der Waals surface area contributed by atoms with Gasteiger partial charge in [0.15, 0.2) is 5.60 Å². The van der Waals surface area contributed by atoms with Crippen molar-refractivity contribution >= 4 is 106 Å². The Morgan fingerprint density at radius 1 is 0.557 bits per heavy atom. The first-order valence-corrected chi connectivity index (χ1v) is 44.7. The molecule has 5 heterocycles. The Morgan fingerprint density at radius 2 is 1.07 bits per heavy atom. The van der Waals surface area contributed by atoms with E-state index in [-0.39, 0.29) is 169 Å². The van der Waals surface area contributed by atoms with Crippen LogP contribution >= 0.6 is 0 Å². The average molecular weight is 1830 g/mol. The molecule has 12 N–H and O–H groups in total. The highest BCUT2D eigenvalue weighted by molar-refractivity contribution is 6.13. The van der Waals surface area contributed by atoms with Gasteiger partial charge in [-0.1, -0.05) is 26.2 Å². The van der Waals surface area contributed by atoms with Crippen molar-refractivity contribution in [3.05, 3.63) is 109 Å². The van der Waals surface area contributed by atoms with Gasteiger partial charge in [0.1, 0.15) is 65.5 Å². The third kappa shape index (κ3) is 30.7. The molecule has 0 saturated carbocycles. The highest BCUT2D eigenvalue weighted by atomic mass is 19.1. The number of unbranched alkanes of at least 4 members (excludes halogenated alkanes) is 5. The topological polar surface area (TPSA) is 519 Å². The van der Waals surface area contributed by atoms with E-state index in [1.807, 2.05) is 0 Å². The van der Waals surface area contributed by atoms with Crippen molar-refractivity contribution in [2.45, 2.75) is 290 Å².